The number of benzene rings is 12. The lowest BCUT2D eigenvalue weighted by atomic mass is 9.79. The van der Waals surface area contributed by atoms with Crippen LogP contribution in [0.3, 0.4) is 0 Å². The van der Waals surface area contributed by atoms with Gasteiger partial charge in [0.05, 0.1) is 0 Å². The Morgan fingerprint density at radius 3 is 0.735 bits per heavy atom. The Morgan fingerprint density at radius 1 is 0.176 bits per heavy atom. The van der Waals surface area contributed by atoms with Gasteiger partial charge in [0, 0.05) is 0 Å². The summed E-state index contributed by atoms with van der Waals surface area (Å²) in [5.41, 5.74) is 16.9. The Bertz CT molecular complexity index is 3490. The molecule has 0 spiro atoms. The summed E-state index contributed by atoms with van der Waals surface area (Å²) in [5.74, 6) is 0. The van der Waals surface area contributed by atoms with Crippen molar-refractivity contribution < 1.29 is 0 Å². The first-order valence-corrected chi connectivity index (χ1v) is 23.5. The van der Waals surface area contributed by atoms with E-state index >= 15 is 0 Å². The maximum absolute atomic E-state index is 2.39. The highest BCUT2D eigenvalue weighted by Crippen LogP contribution is 2.52. The van der Waals surface area contributed by atoms with Gasteiger partial charge in [0.2, 0.25) is 0 Å². The summed E-state index contributed by atoms with van der Waals surface area (Å²) < 4.78 is 0. The number of hydrogen-bond acceptors (Lipinski definition) is 0. The molecule has 0 radical (unpaired) electrons. The molecule has 0 saturated heterocycles. The smallest absolute Gasteiger partial charge is 0.00139 e. The first-order valence-electron chi connectivity index (χ1n) is 23.5. The molecule has 0 fully saturated rings. The van der Waals surface area contributed by atoms with Crippen LogP contribution in [0.15, 0.2) is 255 Å². The highest BCUT2D eigenvalue weighted by molar-refractivity contribution is 6.30. The second-order valence-corrected chi connectivity index (χ2v) is 17.5. The quantitative estimate of drug-likeness (QED) is 0.100. The molecular formula is C68H46. The second kappa shape index (κ2) is 17.9. The van der Waals surface area contributed by atoms with Gasteiger partial charge in [0.15, 0.2) is 0 Å². The van der Waals surface area contributed by atoms with Gasteiger partial charge in [-0.15, -0.1) is 0 Å². The molecule has 0 aliphatic rings. The Labute approximate surface area is 398 Å². The van der Waals surface area contributed by atoms with Crippen LogP contribution in [0.1, 0.15) is 22.3 Å². The fraction of sp³-hybridized carbons (Fsp3) is 0. The molecule has 0 N–H and O–H groups in total. The van der Waals surface area contributed by atoms with Gasteiger partial charge in [-0.1, -0.05) is 267 Å². The van der Waals surface area contributed by atoms with Crippen molar-refractivity contribution in [3.8, 4) is 55.6 Å². The Balaban J connectivity index is 1.14. The lowest BCUT2D eigenvalue weighted by molar-refractivity contribution is 1.59. The Hall–Kier alpha value is -8.84. The van der Waals surface area contributed by atoms with Crippen molar-refractivity contribution in [2.45, 2.75) is 0 Å². The summed E-state index contributed by atoms with van der Waals surface area (Å²) in [6.45, 7) is 0. The minimum absolute atomic E-state index is 1.16. The van der Waals surface area contributed by atoms with Crippen LogP contribution < -0.4 is 0 Å². The van der Waals surface area contributed by atoms with Crippen molar-refractivity contribution >= 4 is 67.4 Å². The van der Waals surface area contributed by atoms with Crippen molar-refractivity contribution in [3.05, 3.63) is 277 Å². The van der Waals surface area contributed by atoms with E-state index in [1.54, 1.807) is 0 Å². The molecule has 0 bridgehead atoms. The summed E-state index contributed by atoms with van der Waals surface area (Å²) in [6, 6.07) is 93.1. The predicted octanol–water partition coefficient (Wildman–Crippen LogP) is 19.0. The predicted molar refractivity (Wildman–Crippen MR) is 294 cm³/mol. The molecule has 0 amide bonds. The summed E-state index contributed by atoms with van der Waals surface area (Å²) in [6.07, 6.45) is 8.90. The molecule has 68 heavy (non-hydrogen) atoms. The first-order chi connectivity index (χ1) is 33.8. The van der Waals surface area contributed by atoms with E-state index in [0.29, 0.717) is 0 Å². The van der Waals surface area contributed by atoms with Crippen molar-refractivity contribution in [2.24, 2.45) is 0 Å². The lowest BCUT2D eigenvalue weighted by Gasteiger charge is -2.24. The molecular weight excluding hydrogens is 817 g/mol. The van der Waals surface area contributed by atoms with E-state index in [0.717, 1.165) is 11.1 Å². The van der Waals surface area contributed by atoms with E-state index in [4.69, 9.17) is 0 Å². The number of hydrogen-bond donors (Lipinski definition) is 0. The fourth-order valence-electron chi connectivity index (χ4n) is 10.4. The van der Waals surface area contributed by atoms with E-state index in [1.165, 1.54) is 110 Å². The molecule has 12 aromatic carbocycles. The SMILES string of the molecule is C(=Cc1ccc(-c2ccccc2)c(-c2c3ccccc3c(-c3c4ccccc4c(-c4cc(C=Cc5ccccc5)ccc4-c4ccccc4)c4ccccc34)c3ccccc23)c1)c1ccccc1. The molecule has 0 atom stereocenters. The van der Waals surface area contributed by atoms with Crippen LogP contribution in [-0.4, -0.2) is 0 Å². The van der Waals surface area contributed by atoms with Gasteiger partial charge >= 0.3 is 0 Å². The molecule has 0 aliphatic heterocycles. The molecule has 0 saturated carbocycles. The van der Waals surface area contributed by atoms with E-state index in [9.17, 15) is 0 Å². The van der Waals surface area contributed by atoms with Gasteiger partial charge in [0.1, 0.15) is 0 Å². The lowest BCUT2D eigenvalue weighted by Crippen LogP contribution is -1.96. The average molecular weight is 863 g/mol. The fourth-order valence-corrected chi connectivity index (χ4v) is 10.4. The van der Waals surface area contributed by atoms with Crippen molar-refractivity contribution in [1.82, 2.24) is 0 Å². The zero-order valence-electron chi connectivity index (χ0n) is 37.6. The third-order valence-electron chi connectivity index (χ3n) is 13.4. The molecule has 0 heterocycles. The van der Waals surface area contributed by atoms with Crippen LogP contribution in [-0.2, 0) is 0 Å². The van der Waals surface area contributed by atoms with Crippen LogP contribution in [0.4, 0.5) is 0 Å². The molecule has 0 aliphatic carbocycles. The van der Waals surface area contributed by atoms with Gasteiger partial charge < -0.3 is 0 Å². The molecule has 0 unspecified atom stereocenters. The zero-order chi connectivity index (χ0) is 45.2. The van der Waals surface area contributed by atoms with Gasteiger partial charge in [-0.05, 0) is 133 Å². The third kappa shape index (κ3) is 7.49. The van der Waals surface area contributed by atoms with E-state index in [2.05, 4.69) is 279 Å². The monoisotopic (exact) mass is 862 g/mol. The maximum Gasteiger partial charge on any atom is -0.00139 e. The Kier molecular flexibility index (Phi) is 10.7. The van der Waals surface area contributed by atoms with Crippen molar-refractivity contribution in [2.75, 3.05) is 0 Å². The minimum atomic E-state index is 1.16. The first kappa shape index (κ1) is 40.7. The Morgan fingerprint density at radius 2 is 0.426 bits per heavy atom. The summed E-state index contributed by atoms with van der Waals surface area (Å²) in [5, 5.41) is 9.82. The van der Waals surface area contributed by atoms with Crippen LogP contribution in [0.2, 0.25) is 0 Å². The normalized spacial score (nSPS) is 11.7. The van der Waals surface area contributed by atoms with Crippen LogP contribution in [0.5, 0.6) is 0 Å². The van der Waals surface area contributed by atoms with E-state index in [-0.39, 0.29) is 0 Å². The average Bonchev–Trinajstić information content (AvgIpc) is 3.41. The summed E-state index contributed by atoms with van der Waals surface area (Å²) in [7, 11) is 0. The second-order valence-electron chi connectivity index (χ2n) is 17.5. The highest BCUT2D eigenvalue weighted by Gasteiger charge is 2.24. The highest BCUT2D eigenvalue weighted by atomic mass is 14.3. The zero-order valence-corrected chi connectivity index (χ0v) is 37.6. The summed E-state index contributed by atoms with van der Waals surface area (Å²) >= 11 is 0. The maximum atomic E-state index is 2.39. The van der Waals surface area contributed by atoms with Crippen molar-refractivity contribution in [1.29, 1.82) is 0 Å². The molecule has 318 valence electrons. The topological polar surface area (TPSA) is 0 Å². The van der Waals surface area contributed by atoms with E-state index in [1.807, 2.05) is 0 Å². The van der Waals surface area contributed by atoms with Crippen LogP contribution in [0, 0.1) is 0 Å². The standard InChI is InChI=1S/C68H46/c1-5-21-47(22-6-1)37-39-49-41-43-53(51-25-9-3-10-26-51)63(45-49)65-55-29-13-17-33-59(55)67(60-34-18-14-30-56(60)65)68-61-35-19-15-31-57(61)66(58-32-16-20-36-62(58)68)64-46-50(40-38-48-23-7-2-8-24-48)42-44-54(64)52-27-11-4-12-28-52/h1-46H. The minimum Gasteiger partial charge on any atom is -0.0622 e. The molecule has 0 aromatic heterocycles. The van der Waals surface area contributed by atoms with Gasteiger partial charge in [-0.2, -0.15) is 0 Å². The number of fused-ring (bicyclic) bond motifs is 4. The van der Waals surface area contributed by atoms with Crippen LogP contribution >= 0.6 is 0 Å². The van der Waals surface area contributed by atoms with E-state index < -0.39 is 0 Å². The molecule has 0 nitrogen and oxygen atoms in total. The molecule has 12 rings (SSSR count). The summed E-state index contributed by atoms with van der Waals surface area (Å²) in [4.78, 5) is 0. The van der Waals surface area contributed by atoms with Gasteiger partial charge in [-0.25, -0.2) is 0 Å². The van der Waals surface area contributed by atoms with Crippen LogP contribution in [0.25, 0.3) is 123 Å². The number of rotatable bonds is 9. The van der Waals surface area contributed by atoms with Gasteiger partial charge in [-0.3, -0.25) is 0 Å². The van der Waals surface area contributed by atoms with Gasteiger partial charge in [0.25, 0.3) is 0 Å². The molecule has 12 aromatic rings. The largest absolute Gasteiger partial charge is 0.0622 e. The third-order valence-corrected chi connectivity index (χ3v) is 13.4. The van der Waals surface area contributed by atoms with Crippen molar-refractivity contribution in [3.63, 3.8) is 0 Å². The molecule has 0 heteroatoms.